The highest BCUT2D eigenvalue weighted by atomic mass is 32.2. The van der Waals surface area contributed by atoms with Crippen LogP contribution in [-0.4, -0.2) is 45.0 Å². The molecule has 0 saturated heterocycles. The van der Waals surface area contributed by atoms with Gasteiger partial charge in [-0.3, -0.25) is 4.21 Å². The molecule has 2 atom stereocenters. The molecule has 2 unspecified atom stereocenters. The van der Waals surface area contributed by atoms with Gasteiger partial charge in [-0.25, -0.2) is 9.97 Å². The Bertz CT molecular complexity index is 428. The fourth-order valence-corrected chi connectivity index (χ4v) is 2.59. The van der Waals surface area contributed by atoms with Gasteiger partial charge >= 0.3 is 0 Å². The molecule has 0 aliphatic carbocycles. The second kappa shape index (κ2) is 8.37. The van der Waals surface area contributed by atoms with Crippen LogP contribution in [-0.2, 0) is 10.8 Å². The Hall–Kier alpha value is -0.820. The quantitative estimate of drug-likeness (QED) is 0.567. The zero-order valence-corrected chi connectivity index (χ0v) is 13.5. The fourth-order valence-electron chi connectivity index (χ4n) is 1.53. The van der Waals surface area contributed by atoms with Crippen molar-refractivity contribution >= 4 is 34.2 Å². The predicted octanol–water partition coefficient (Wildman–Crippen LogP) is 2.20. The Labute approximate surface area is 121 Å². The summed E-state index contributed by atoms with van der Waals surface area (Å²) in [6.07, 6.45) is 4.54. The van der Waals surface area contributed by atoms with Crippen LogP contribution < -0.4 is 10.6 Å². The van der Waals surface area contributed by atoms with Crippen molar-refractivity contribution in [1.29, 1.82) is 0 Å². The molecule has 19 heavy (non-hydrogen) atoms. The van der Waals surface area contributed by atoms with Crippen LogP contribution in [0.3, 0.4) is 0 Å². The molecule has 2 N–H and O–H groups in total. The summed E-state index contributed by atoms with van der Waals surface area (Å²) in [5, 5.41) is 7.27. The van der Waals surface area contributed by atoms with Crippen molar-refractivity contribution in [2.75, 3.05) is 35.4 Å². The number of rotatable bonds is 8. The van der Waals surface area contributed by atoms with Gasteiger partial charge in [0.2, 0.25) is 0 Å². The monoisotopic (exact) mass is 302 g/mol. The van der Waals surface area contributed by atoms with Crippen molar-refractivity contribution in [3.63, 3.8) is 0 Å². The van der Waals surface area contributed by atoms with Gasteiger partial charge in [0, 0.05) is 41.5 Å². The lowest BCUT2D eigenvalue weighted by atomic mass is 10.2. The van der Waals surface area contributed by atoms with Crippen molar-refractivity contribution in [3.8, 4) is 0 Å². The molecule has 108 valence electrons. The lowest BCUT2D eigenvalue weighted by Crippen LogP contribution is -2.19. The second-order valence-corrected chi connectivity index (χ2v) is 6.59. The molecule has 7 heteroatoms. The molecule has 0 aliphatic rings. The average molecular weight is 302 g/mol. The molecule has 0 aliphatic heterocycles. The zero-order chi connectivity index (χ0) is 14.3. The molecule has 0 radical (unpaired) electrons. The van der Waals surface area contributed by atoms with Crippen molar-refractivity contribution in [2.24, 2.45) is 0 Å². The minimum Gasteiger partial charge on any atom is -0.370 e. The van der Waals surface area contributed by atoms with Gasteiger partial charge in [0.1, 0.15) is 11.6 Å². The number of hydrogen-bond acceptors (Lipinski definition) is 6. The molecule has 1 aromatic heterocycles. The van der Waals surface area contributed by atoms with Crippen molar-refractivity contribution in [2.45, 2.75) is 31.5 Å². The summed E-state index contributed by atoms with van der Waals surface area (Å²) in [5.74, 6) is 2.34. The smallest absolute Gasteiger partial charge is 0.191 e. The molecule has 0 bridgehead atoms. The number of hydrogen-bond donors (Lipinski definition) is 2. The molecule has 0 spiro atoms. The Morgan fingerprint density at radius 3 is 2.68 bits per heavy atom. The first kappa shape index (κ1) is 16.2. The van der Waals surface area contributed by atoms with E-state index in [1.54, 1.807) is 6.26 Å². The Morgan fingerprint density at radius 2 is 2.11 bits per heavy atom. The fraction of sp³-hybridized carbons (Fsp3) is 0.667. The normalized spacial score (nSPS) is 13.9. The van der Waals surface area contributed by atoms with Crippen LogP contribution in [0, 0.1) is 0 Å². The summed E-state index contributed by atoms with van der Waals surface area (Å²) >= 11 is 1.52. The van der Waals surface area contributed by atoms with Gasteiger partial charge in [0.05, 0.1) is 0 Å². The van der Waals surface area contributed by atoms with Gasteiger partial charge in [-0.05, 0) is 26.5 Å². The summed E-state index contributed by atoms with van der Waals surface area (Å²) in [4.78, 5) is 8.80. The first-order valence-corrected chi connectivity index (χ1v) is 9.23. The molecule has 0 aromatic carbocycles. The Morgan fingerprint density at radius 1 is 1.42 bits per heavy atom. The summed E-state index contributed by atoms with van der Waals surface area (Å²) in [7, 11) is -0.747. The largest absolute Gasteiger partial charge is 0.370 e. The van der Waals surface area contributed by atoms with E-state index in [9.17, 15) is 4.21 Å². The standard InChI is InChI=1S/C12H22N4OS2/c1-5-13-10-8-11(16-12(15-10)18-3)14-9(2)6-7-19(4)17/h8-9H,5-7H2,1-4H3,(H2,13,14,15,16). The van der Waals surface area contributed by atoms with E-state index in [-0.39, 0.29) is 6.04 Å². The van der Waals surface area contributed by atoms with Gasteiger partial charge < -0.3 is 10.6 Å². The number of thioether (sulfide) groups is 1. The third-order valence-corrected chi connectivity index (χ3v) is 3.84. The average Bonchev–Trinajstić information content (AvgIpc) is 2.36. The van der Waals surface area contributed by atoms with Gasteiger partial charge in [-0.1, -0.05) is 11.8 Å². The SMILES string of the molecule is CCNc1cc(NC(C)CCS(C)=O)nc(SC)n1. The summed E-state index contributed by atoms with van der Waals surface area (Å²) in [6.45, 7) is 4.93. The highest BCUT2D eigenvalue weighted by Crippen LogP contribution is 2.18. The van der Waals surface area contributed by atoms with E-state index >= 15 is 0 Å². The van der Waals surface area contributed by atoms with Crippen LogP contribution >= 0.6 is 11.8 Å². The van der Waals surface area contributed by atoms with E-state index in [0.717, 1.165) is 29.8 Å². The molecule has 5 nitrogen and oxygen atoms in total. The Balaban J connectivity index is 2.70. The van der Waals surface area contributed by atoms with Crippen LogP contribution in [0.5, 0.6) is 0 Å². The molecule has 0 saturated carbocycles. The van der Waals surface area contributed by atoms with Crippen LogP contribution in [0.1, 0.15) is 20.3 Å². The molecular weight excluding hydrogens is 280 g/mol. The van der Waals surface area contributed by atoms with Gasteiger partial charge in [0.15, 0.2) is 5.16 Å². The minimum atomic E-state index is -0.747. The maximum Gasteiger partial charge on any atom is 0.191 e. The summed E-state index contributed by atoms with van der Waals surface area (Å²) < 4.78 is 11.1. The third kappa shape index (κ3) is 6.24. The van der Waals surface area contributed by atoms with Crippen LogP contribution in [0.4, 0.5) is 11.6 Å². The predicted molar refractivity (Wildman–Crippen MR) is 84.6 cm³/mol. The van der Waals surface area contributed by atoms with Gasteiger partial charge in [-0.15, -0.1) is 0 Å². The van der Waals surface area contributed by atoms with Crippen molar-refractivity contribution in [1.82, 2.24) is 9.97 Å². The minimum absolute atomic E-state index is 0.239. The van der Waals surface area contributed by atoms with E-state index in [1.807, 2.05) is 19.2 Å². The van der Waals surface area contributed by atoms with Crippen LogP contribution in [0.25, 0.3) is 0 Å². The maximum atomic E-state index is 11.1. The van der Waals surface area contributed by atoms with Gasteiger partial charge in [0.25, 0.3) is 0 Å². The molecule has 0 fully saturated rings. The lowest BCUT2D eigenvalue weighted by molar-refractivity contribution is 0.678. The molecule has 1 aromatic rings. The number of nitrogens with zero attached hydrogens (tertiary/aromatic N) is 2. The third-order valence-electron chi connectivity index (χ3n) is 2.48. The van der Waals surface area contributed by atoms with Gasteiger partial charge in [-0.2, -0.15) is 0 Å². The number of aromatic nitrogens is 2. The van der Waals surface area contributed by atoms with Crippen LogP contribution in [0.2, 0.25) is 0 Å². The molecule has 1 heterocycles. The maximum absolute atomic E-state index is 11.1. The molecule has 1 rings (SSSR count). The van der Waals surface area contributed by atoms with E-state index in [4.69, 9.17) is 0 Å². The van der Waals surface area contributed by atoms with E-state index in [0.29, 0.717) is 5.75 Å². The number of nitrogens with one attached hydrogen (secondary N) is 2. The topological polar surface area (TPSA) is 66.9 Å². The first-order chi connectivity index (χ1) is 9.05. The molecule has 0 amide bonds. The van der Waals surface area contributed by atoms with E-state index in [2.05, 4.69) is 27.5 Å². The highest BCUT2D eigenvalue weighted by Gasteiger charge is 2.07. The van der Waals surface area contributed by atoms with E-state index in [1.165, 1.54) is 11.8 Å². The van der Waals surface area contributed by atoms with E-state index < -0.39 is 10.8 Å². The van der Waals surface area contributed by atoms with Crippen molar-refractivity contribution < 1.29 is 4.21 Å². The summed E-state index contributed by atoms with van der Waals surface area (Å²) in [6, 6.07) is 2.14. The van der Waals surface area contributed by atoms with Crippen molar-refractivity contribution in [3.05, 3.63) is 6.07 Å². The number of anilines is 2. The van der Waals surface area contributed by atoms with Crippen LogP contribution in [0.15, 0.2) is 11.2 Å². The highest BCUT2D eigenvalue weighted by molar-refractivity contribution is 7.98. The Kier molecular flexibility index (Phi) is 7.15. The first-order valence-electron chi connectivity index (χ1n) is 6.28. The lowest BCUT2D eigenvalue weighted by Gasteiger charge is -2.15. The summed E-state index contributed by atoms with van der Waals surface area (Å²) in [5.41, 5.74) is 0. The molecular formula is C12H22N4OS2. The second-order valence-electron chi connectivity index (χ2n) is 4.27. The zero-order valence-electron chi connectivity index (χ0n) is 11.9.